The average Bonchev–Trinajstić information content (AvgIpc) is 3.25. The smallest absolute Gasteiger partial charge is 0.224 e. The summed E-state index contributed by atoms with van der Waals surface area (Å²) in [6.07, 6.45) is 12.6. The highest BCUT2D eigenvalue weighted by atomic mass is 16.1. The van der Waals surface area contributed by atoms with Crippen LogP contribution in [0.4, 0.5) is 5.69 Å². The van der Waals surface area contributed by atoms with Crippen molar-refractivity contribution in [3.63, 3.8) is 0 Å². The van der Waals surface area contributed by atoms with Crippen LogP contribution < -0.4 is 5.32 Å². The van der Waals surface area contributed by atoms with E-state index >= 15 is 0 Å². The number of nitrogens with one attached hydrogen (secondary N) is 1. The Hall–Kier alpha value is -2.10. The molecule has 0 radical (unpaired) electrons. The van der Waals surface area contributed by atoms with Crippen LogP contribution in [-0.2, 0) is 17.8 Å². The maximum atomic E-state index is 12.2. The molecule has 132 valence electrons. The second-order valence-corrected chi connectivity index (χ2v) is 7.48. The molecule has 1 fully saturated rings. The number of aryl methyl sites for hydroxylation is 1. The van der Waals surface area contributed by atoms with Crippen LogP contribution in [0.1, 0.15) is 57.2 Å². The molecule has 0 saturated heterocycles. The van der Waals surface area contributed by atoms with Crippen LogP contribution in [0.3, 0.4) is 0 Å². The zero-order valence-electron chi connectivity index (χ0n) is 14.8. The van der Waals surface area contributed by atoms with Crippen LogP contribution in [0.2, 0.25) is 0 Å². The number of hydrogen-bond donors (Lipinski definition) is 1. The van der Waals surface area contributed by atoms with E-state index in [0.717, 1.165) is 31.0 Å². The van der Waals surface area contributed by atoms with Gasteiger partial charge in [0.1, 0.15) is 5.82 Å². The van der Waals surface area contributed by atoms with Crippen molar-refractivity contribution in [3.8, 4) is 11.3 Å². The zero-order chi connectivity index (χ0) is 17.1. The van der Waals surface area contributed by atoms with Gasteiger partial charge in [-0.15, -0.1) is 0 Å². The maximum absolute atomic E-state index is 12.2. The van der Waals surface area contributed by atoms with Gasteiger partial charge in [0, 0.05) is 25.1 Å². The van der Waals surface area contributed by atoms with Crippen LogP contribution in [0.5, 0.6) is 0 Å². The lowest BCUT2D eigenvalue weighted by atomic mass is 9.86. The number of rotatable bonds is 5. The predicted octanol–water partition coefficient (Wildman–Crippen LogP) is 4.80. The molecule has 0 spiro atoms. The lowest BCUT2D eigenvalue weighted by Crippen LogP contribution is -2.14. The van der Waals surface area contributed by atoms with Crippen molar-refractivity contribution >= 4 is 11.6 Å². The summed E-state index contributed by atoms with van der Waals surface area (Å²) < 4.78 is 2.30. The Morgan fingerprint density at radius 3 is 2.72 bits per heavy atom. The predicted molar refractivity (Wildman–Crippen MR) is 100 cm³/mol. The first-order valence-corrected chi connectivity index (χ1v) is 9.74. The summed E-state index contributed by atoms with van der Waals surface area (Å²) in [4.78, 5) is 16.7. The standard InChI is InChI=1S/C21H27N3O/c25-21(13-8-16-5-2-1-3-6-16)23-18-11-9-17(10-12-18)19-15-22-20-7-4-14-24(19)20/h9-12,15-16H,1-8,13-14H2,(H,23,25). The summed E-state index contributed by atoms with van der Waals surface area (Å²) in [7, 11) is 0. The van der Waals surface area contributed by atoms with Gasteiger partial charge in [0.25, 0.3) is 0 Å². The van der Waals surface area contributed by atoms with Gasteiger partial charge in [0.2, 0.25) is 5.91 Å². The Labute approximate surface area is 149 Å². The molecule has 4 rings (SSSR count). The van der Waals surface area contributed by atoms with Gasteiger partial charge in [-0.05, 0) is 36.5 Å². The molecular formula is C21H27N3O. The third kappa shape index (κ3) is 3.78. The van der Waals surface area contributed by atoms with Gasteiger partial charge in [-0.2, -0.15) is 0 Å². The molecule has 0 bridgehead atoms. The minimum absolute atomic E-state index is 0.142. The van der Waals surface area contributed by atoms with Gasteiger partial charge >= 0.3 is 0 Å². The monoisotopic (exact) mass is 337 g/mol. The van der Waals surface area contributed by atoms with Gasteiger partial charge in [0.15, 0.2) is 0 Å². The van der Waals surface area contributed by atoms with E-state index in [4.69, 9.17) is 0 Å². The minimum atomic E-state index is 0.142. The molecule has 2 heterocycles. The Kier molecular flexibility index (Phi) is 4.86. The van der Waals surface area contributed by atoms with E-state index in [0.29, 0.717) is 6.42 Å². The van der Waals surface area contributed by atoms with Crippen LogP contribution in [0.15, 0.2) is 30.5 Å². The molecule has 0 unspecified atom stereocenters. The SMILES string of the molecule is O=C(CCC1CCCCC1)Nc1ccc(-c2cnc3n2CCC3)cc1. The molecule has 2 aromatic rings. The molecule has 4 nitrogen and oxygen atoms in total. The van der Waals surface area contributed by atoms with E-state index in [-0.39, 0.29) is 5.91 Å². The minimum Gasteiger partial charge on any atom is -0.328 e. The molecule has 1 aliphatic heterocycles. The molecule has 1 N–H and O–H groups in total. The summed E-state index contributed by atoms with van der Waals surface area (Å²) in [6.45, 7) is 1.06. The van der Waals surface area contributed by atoms with E-state index in [1.54, 1.807) is 0 Å². The number of imidazole rings is 1. The fourth-order valence-electron chi connectivity index (χ4n) is 4.25. The Bertz CT molecular complexity index is 726. The summed E-state index contributed by atoms with van der Waals surface area (Å²) in [6, 6.07) is 8.17. The topological polar surface area (TPSA) is 46.9 Å². The molecule has 1 saturated carbocycles. The maximum Gasteiger partial charge on any atom is 0.224 e. The van der Waals surface area contributed by atoms with Crippen LogP contribution in [0, 0.1) is 5.92 Å². The number of carbonyl (C=O) groups is 1. The van der Waals surface area contributed by atoms with Crippen molar-refractivity contribution in [1.29, 1.82) is 0 Å². The second kappa shape index (κ2) is 7.42. The number of carbonyl (C=O) groups excluding carboxylic acids is 1. The van der Waals surface area contributed by atoms with E-state index in [1.165, 1.54) is 55.6 Å². The number of benzene rings is 1. The van der Waals surface area contributed by atoms with Gasteiger partial charge in [-0.3, -0.25) is 4.79 Å². The third-order valence-corrected chi connectivity index (χ3v) is 5.69. The molecule has 25 heavy (non-hydrogen) atoms. The van der Waals surface area contributed by atoms with Crippen molar-refractivity contribution in [2.45, 2.75) is 64.3 Å². The zero-order valence-corrected chi connectivity index (χ0v) is 14.8. The molecule has 1 aliphatic carbocycles. The molecule has 1 aromatic heterocycles. The average molecular weight is 337 g/mol. The summed E-state index contributed by atoms with van der Waals surface area (Å²) in [5, 5.41) is 3.04. The van der Waals surface area contributed by atoms with Crippen molar-refractivity contribution in [1.82, 2.24) is 9.55 Å². The number of nitrogens with zero attached hydrogens (tertiary/aromatic N) is 2. The number of amides is 1. The highest BCUT2D eigenvalue weighted by molar-refractivity contribution is 5.90. The first kappa shape index (κ1) is 16.4. The van der Waals surface area contributed by atoms with E-state index < -0.39 is 0 Å². The first-order valence-electron chi connectivity index (χ1n) is 9.74. The van der Waals surface area contributed by atoms with Crippen molar-refractivity contribution in [2.24, 2.45) is 5.92 Å². The van der Waals surface area contributed by atoms with Crippen LogP contribution in [0.25, 0.3) is 11.3 Å². The van der Waals surface area contributed by atoms with Gasteiger partial charge in [-0.25, -0.2) is 4.98 Å². The lowest BCUT2D eigenvalue weighted by Gasteiger charge is -2.21. The van der Waals surface area contributed by atoms with Crippen LogP contribution >= 0.6 is 0 Å². The highest BCUT2D eigenvalue weighted by Gasteiger charge is 2.17. The molecule has 1 amide bonds. The number of hydrogen-bond acceptors (Lipinski definition) is 2. The molecule has 2 aliphatic rings. The largest absolute Gasteiger partial charge is 0.328 e. The number of fused-ring (bicyclic) bond motifs is 1. The fourth-order valence-corrected chi connectivity index (χ4v) is 4.25. The first-order chi connectivity index (χ1) is 12.3. The highest BCUT2D eigenvalue weighted by Crippen LogP contribution is 2.28. The molecule has 4 heteroatoms. The molecule has 0 atom stereocenters. The lowest BCUT2D eigenvalue weighted by molar-refractivity contribution is -0.116. The van der Waals surface area contributed by atoms with Crippen LogP contribution in [-0.4, -0.2) is 15.5 Å². The second-order valence-electron chi connectivity index (χ2n) is 7.48. The van der Waals surface area contributed by atoms with E-state index in [9.17, 15) is 4.79 Å². The molecular weight excluding hydrogens is 310 g/mol. The summed E-state index contributed by atoms with van der Waals surface area (Å²) >= 11 is 0. The Morgan fingerprint density at radius 1 is 1.12 bits per heavy atom. The van der Waals surface area contributed by atoms with Gasteiger partial charge < -0.3 is 9.88 Å². The Morgan fingerprint density at radius 2 is 1.92 bits per heavy atom. The fraction of sp³-hybridized carbons (Fsp3) is 0.524. The van der Waals surface area contributed by atoms with Crippen molar-refractivity contribution < 1.29 is 4.79 Å². The van der Waals surface area contributed by atoms with Crippen molar-refractivity contribution in [2.75, 3.05) is 5.32 Å². The summed E-state index contributed by atoms with van der Waals surface area (Å²) in [5.74, 6) is 2.09. The third-order valence-electron chi connectivity index (χ3n) is 5.69. The van der Waals surface area contributed by atoms with Gasteiger partial charge in [0.05, 0.1) is 11.9 Å². The van der Waals surface area contributed by atoms with E-state index in [2.05, 4.69) is 27.0 Å². The quantitative estimate of drug-likeness (QED) is 0.852. The normalized spacial score (nSPS) is 17.4. The van der Waals surface area contributed by atoms with Gasteiger partial charge in [-0.1, -0.05) is 44.2 Å². The van der Waals surface area contributed by atoms with Crippen molar-refractivity contribution in [3.05, 3.63) is 36.3 Å². The molecule has 1 aromatic carbocycles. The summed E-state index contributed by atoms with van der Waals surface area (Å²) in [5.41, 5.74) is 3.24. The number of anilines is 1. The number of aromatic nitrogens is 2. The van der Waals surface area contributed by atoms with E-state index in [1.807, 2.05) is 18.3 Å². The Balaban J connectivity index is 1.33.